The molecule has 0 unspecified atom stereocenters. The highest BCUT2D eigenvalue weighted by molar-refractivity contribution is 7.89. The van der Waals surface area contributed by atoms with Crippen LogP contribution in [-0.4, -0.2) is 31.9 Å². The van der Waals surface area contributed by atoms with E-state index in [0.29, 0.717) is 11.3 Å². The fourth-order valence-electron chi connectivity index (χ4n) is 2.65. The number of hydrogen-bond donors (Lipinski definition) is 2. The van der Waals surface area contributed by atoms with Crippen molar-refractivity contribution in [1.29, 1.82) is 0 Å². The van der Waals surface area contributed by atoms with E-state index in [1.807, 2.05) is 0 Å². The minimum atomic E-state index is -3.94. The number of hydrogen-bond acceptors (Lipinski definition) is 7. The van der Waals surface area contributed by atoms with Crippen LogP contribution >= 0.6 is 0 Å². The average molecular weight is 441 g/mol. The Morgan fingerprint density at radius 2 is 1.87 bits per heavy atom. The molecule has 0 radical (unpaired) electrons. The van der Waals surface area contributed by atoms with Gasteiger partial charge >= 0.3 is 5.97 Å². The highest BCUT2D eigenvalue weighted by Crippen LogP contribution is 2.25. The summed E-state index contributed by atoms with van der Waals surface area (Å²) in [4.78, 5) is 28.4. The van der Waals surface area contributed by atoms with Crippen molar-refractivity contribution < 1.29 is 27.5 Å². The molecule has 9 nitrogen and oxygen atoms in total. The number of esters is 1. The molecule has 1 aromatic heterocycles. The lowest BCUT2D eigenvalue weighted by Crippen LogP contribution is -2.21. The quantitative estimate of drug-likeness (QED) is 0.538. The molecule has 0 saturated heterocycles. The molecule has 3 rings (SSSR count). The third-order valence-electron chi connectivity index (χ3n) is 4.08. The highest BCUT2D eigenvalue weighted by atomic mass is 32.2. The fourth-order valence-corrected chi connectivity index (χ4v) is 3.46. The number of para-hydroxylation sites is 1. The summed E-state index contributed by atoms with van der Waals surface area (Å²) in [6.07, 6.45) is 3.08. The molecule has 2 aromatic carbocycles. The molecule has 0 aliphatic rings. The monoisotopic (exact) mass is 441 g/mol. The Kier molecular flexibility index (Phi) is 6.63. The number of sulfonamides is 1. The van der Waals surface area contributed by atoms with E-state index in [4.69, 9.17) is 14.6 Å². The van der Waals surface area contributed by atoms with Crippen LogP contribution in [0.4, 0.5) is 5.69 Å². The summed E-state index contributed by atoms with van der Waals surface area (Å²) in [5, 5.41) is 7.63. The molecule has 0 saturated carbocycles. The van der Waals surface area contributed by atoms with Crippen LogP contribution in [0.15, 0.2) is 71.9 Å². The summed E-state index contributed by atoms with van der Waals surface area (Å²) in [5.74, 6) is -0.727. The van der Waals surface area contributed by atoms with Gasteiger partial charge in [-0.15, -0.1) is 0 Å². The molecule has 0 atom stereocenters. The number of anilines is 1. The summed E-state index contributed by atoms with van der Waals surface area (Å²) in [5.41, 5.74) is 0.777. The number of carbonyl (C=O) groups excluding carboxylic acids is 2. The lowest BCUT2D eigenvalue weighted by molar-refractivity contribution is -0.119. The third kappa shape index (κ3) is 5.87. The number of pyridine rings is 1. The maximum absolute atomic E-state index is 12.4. The minimum Gasteiger partial charge on any atom is -0.455 e. The van der Waals surface area contributed by atoms with E-state index in [1.165, 1.54) is 30.5 Å². The first-order chi connectivity index (χ1) is 14.7. The van der Waals surface area contributed by atoms with Gasteiger partial charge in [0.15, 0.2) is 6.61 Å². The number of rotatable bonds is 7. The molecular weight excluding hydrogens is 422 g/mol. The molecule has 160 valence electrons. The van der Waals surface area contributed by atoms with E-state index in [0.717, 1.165) is 0 Å². The van der Waals surface area contributed by atoms with Crippen molar-refractivity contribution in [1.82, 2.24) is 4.98 Å². The Bertz CT molecular complexity index is 1210. The van der Waals surface area contributed by atoms with Gasteiger partial charge < -0.3 is 14.8 Å². The highest BCUT2D eigenvalue weighted by Gasteiger charge is 2.17. The van der Waals surface area contributed by atoms with Crippen molar-refractivity contribution in [3.8, 4) is 11.5 Å². The number of amides is 1. The summed E-state index contributed by atoms with van der Waals surface area (Å²) in [6, 6.07) is 14.0. The number of aryl methyl sites for hydroxylation is 1. The van der Waals surface area contributed by atoms with Crippen molar-refractivity contribution in [2.24, 2.45) is 5.14 Å². The van der Waals surface area contributed by atoms with Crippen LogP contribution in [0.3, 0.4) is 0 Å². The fraction of sp³-hybridized carbons (Fsp3) is 0.0952. The molecule has 1 amide bonds. The number of nitrogens with zero attached hydrogens (tertiary/aromatic N) is 1. The molecule has 0 aliphatic heterocycles. The van der Waals surface area contributed by atoms with Crippen LogP contribution in [0.2, 0.25) is 0 Å². The predicted octanol–water partition coefficient (Wildman–Crippen LogP) is 2.63. The Labute approximate surface area is 178 Å². The standard InChI is InChI=1S/C21H19N3O6S/c1-14-8-9-15(11-19(14)31(22,27)28)24-20(25)13-29-21(26)17-6-2-3-7-18(17)30-16-5-4-10-23-12-16/h2-12H,13H2,1H3,(H,24,25)(H2,22,27,28). The average Bonchev–Trinajstić information content (AvgIpc) is 2.74. The lowest BCUT2D eigenvalue weighted by Gasteiger charge is -2.11. The summed E-state index contributed by atoms with van der Waals surface area (Å²) >= 11 is 0. The number of nitrogens with two attached hydrogens (primary N) is 1. The van der Waals surface area contributed by atoms with Gasteiger partial charge in [-0.25, -0.2) is 18.4 Å². The molecule has 0 spiro atoms. The van der Waals surface area contributed by atoms with Crippen molar-refractivity contribution in [3.63, 3.8) is 0 Å². The van der Waals surface area contributed by atoms with E-state index < -0.39 is 28.5 Å². The van der Waals surface area contributed by atoms with E-state index in [-0.39, 0.29) is 21.9 Å². The van der Waals surface area contributed by atoms with Crippen molar-refractivity contribution in [2.75, 3.05) is 11.9 Å². The molecule has 3 aromatic rings. The number of nitrogens with one attached hydrogen (secondary N) is 1. The normalized spacial score (nSPS) is 10.9. The molecular formula is C21H19N3O6S. The van der Waals surface area contributed by atoms with Crippen LogP contribution in [0.25, 0.3) is 0 Å². The largest absolute Gasteiger partial charge is 0.455 e. The summed E-state index contributed by atoms with van der Waals surface area (Å²) < 4.78 is 33.9. The van der Waals surface area contributed by atoms with Gasteiger partial charge in [-0.2, -0.15) is 0 Å². The Morgan fingerprint density at radius 3 is 2.58 bits per heavy atom. The van der Waals surface area contributed by atoms with Crippen molar-refractivity contribution >= 4 is 27.6 Å². The van der Waals surface area contributed by atoms with Gasteiger partial charge in [0, 0.05) is 11.9 Å². The molecule has 1 heterocycles. The Morgan fingerprint density at radius 1 is 1.10 bits per heavy atom. The van der Waals surface area contributed by atoms with Crippen LogP contribution in [0.1, 0.15) is 15.9 Å². The maximum atomic E-state index is 12.4. The number of carbonyl (C=O) groups is 2. The maximum Gasteiger partial charge on any atom is 0.342 e. The van der Waals surface area contributed by atoms with E-state index in [1.54, 1.807) is 43.5 Å². The summed E-state index contributed by atoms with van der Waals surface area (Å²) in [6.45, 7) is 0.997. The lowest BCUT2D eigenvalue weighted by atomic mass is 10.2. The zero-order chi connectivity index (χ0) is 22.4. The first-order valence-electron chi connectivity index (χ1n) is 9.01. The molecule has 3 N–H and O–H groups in total. The Balaban J connectivity index is 1.65. The van der Waals surface area contributed by atoms with Gasteiger partial charge in [0.25, 0.3) is 5.91 Å². The van der Waals surface area contributed by atoms with Gasteiger partial charge in [0.2, 0.25) is 10.0 Å². The van der Waals surface area contributed by atoms with Crippen LogP contribution in [-0.2, 0) is 19.6 Å². The van der Waals surface area contributed by atoms with Gasteiger partial charge in [-0.05, 0) is 48.9 Å². The number of ether oxygens (including phenoxy) is 2. The smallest absolute Gasteiger partial charge is 0.342 e. The SMILES string of the molecule is Cc1ccc(NC(=O)COC(=O)c2ccccc2Oc2cccnc2)cc1S(N)(=O)=O. The topological polar surface area (TPSA) is 138 Å². The van der Waals surface area contributed by atoms with Gasteiger partial charge in [-0.1, -0.05) is 18.2 Å². The van der Waals surface area contributed by atoms with Gasteiger partial charge in [-0.3, -0.25) is 9.78 Å². The van der Waals surface area contributed by atoms with Crippen molar-refractivity contribution in [2.45, 2.75) is 11.8 Å². The molecule has 10 heteroatoms. The second kappa shape index (κ2) is 9.37. The number of benzene rings is 2. The van der Waals surface area contributed by atoms with Gasteiger partial charge in [0.1, 0.15) is 17.1 Å². The van der Waals surface area contributed by atoms with Crippen LogP contribution in [0, 0.1) is 6.92 Å². The molecule has 31 heavy (non-hydrogen) atoms. The minimum absolute atomic E-state index is 0.108. The summed E-state index contributed by atoms with van der Waals surface area (Å²) in [7, 11) is -3.94. The number of primary sulfonamides is 1. The Hall–Kier alpha value is -3.76. The zero-order valence-electron chi connectivity index (χ0n) is 16.4. The zero-order valence-corrected chi connectivity index (χ0v) is 17.3. The molecule has 0 fully saturated rings. The molecule has 0 bridgehead atoms. The van der Waals surface area contributed by atoms with Crippen LogP contribution < -0.4 is 15.2 Å². The molecule has 0 aliphatic carbocycles. The third-order valence-corrected chi connectivity index (χ3v) is 5.13. The van der Waals surface area contributed by atoms with Crippen molar-refractivity contribution in [3.05, 3.63) is 78.1 Å². The van der Waals surface area contributed by atoms with Crippen LogP contribution in [0.5, 0.6) is 11.5 Å². The number of aromatic nitrogens is 1. The van der Waals surface area contributed by atoms with E-state index in [2.05, 4.69) is 10.3 Å². The second-order valence-corrected chi connectivity index (χ2v) is 7.97. The van der Waals surface area contributed by atoms with Gasteiger partial charge in [0.05, 0.1) is 11.1 Å². The second-order valence-electron chi connectivity index (χ2n) is 6.44. The van der Waals surface area contributed by atoms with E-state index in [9.17, 15) is 18.0 Å². The first kappa shape index (κ1) is 21.9. The first-order valence-corrected chi connectivity index (χ1v) is 10.6. The van der Waals surface area contributed by atoms with E-state index >= 15 is 0 Å². The predicted molar refractivity (Wildman–Crippen MR) is 112 cm³/mol.